The predicted molar refractivity (Wildman–Crippen MR) is 111 cm³/mol. The highest BCUT2D eigenvalue weighted by Gasteiger charge is 2.45. The summed E-state index contributed by atoms with van der Waals surface area (Å²) >= 11 is 0. The molecule has 0 saturated heterocycles. The summed E-state index contributed by atoms with van der Waals surface area (Å²) in [5.41, 5.74) is 2.76. The summed E-state index contributed by atoms with van der Waals surface area (Å²) < 4.78 is 0. The molecule has 2 heterocycles. The number of hydrogen-bond donors (Lipinski definition) is 1. The fraction of sp³-hybridized carbons (Fsp3) is 0.409. The first kappa shape index (κ1) is 20.0. The van der Waals surface area contributed by atoms with E-state index in [0.717, 1.165) is 29.9 Å². The second-order valence-electron chi connectivity index (χ2n) is 7.65. The van der Waals surface area contributed by atoms with Crippen molar-refractivity contribution in [1.29, 1.82) is 0 Å². The SMILES string of the molecule is CCN1C(=O)C(C)(C)C(=O)N(C)c2cc(CNCCc3cccnc3)ccc21. The zero-order valence-corrected chi connectivity index (χ0v) is 17.0. The molecule has 0 spiro atoms. The van der Waals surface area contributed by atoms with Crippen molar-refractivity contribution >= 4 is 23.2 Å². The lowest BCUT2D eigenvalue weighted by Gasteiger charge is -2.27. The Morgan fingerprint density at radius 2 is 1.86 bits per heavy atom. The average molecular weight is 380 g/mol. The maximum absolute atomic E-state index is 12.9. The van der Waals surface area contributed by atoms with Crippen LogP contribution in [0.5, 0.6) is 0 Å². The third kappa shape index (κ3) is 3.78. The van der Waals surface area contributed by atoms with Gasteiger partial charge in [0.1, 0.15) is 5.41 Å². The first-order valence-corrected chi connectivity index (χ1v) is 9.69. The summed E-state index contributed by atoms with van der Waals surface area (Å²) in [6, 6.07) is 9.97. The van der Waals surface area contributed by atoms with Gasteiger partial charge in [0.2, 0.25) is 11.8 Å². The molecule has 6 nitrogen and oxygen atoms in total. The minimum atomic E-state index is -1.08. The van der Waals surface area contributed by atoms with Gasteiger partial charge in [-0.2, -0.15) is 0 Å². The molecule has 0 fully saturated rings. The Morgan fingerprint density at radius 3 is 2.54 bits per heavy atom. The van der Waals surface area contributed by atoms with Gasteiger partial charge in [0.15, 0.2) is 0 Å². The maximum Gasteiger partial charge on any atom is 0.242 e. The van der Waals surface area contributed by atoms with Crippen LogP contribution in [0.1, 0.15) is 31.9 Å². The monoisotopic (exact) mass is 380 g/mol. The van der Waals surface area contributed by atoms with Crippen LogP contribution in [0.3, 0.4) is 0 Å². The van der Waals surface area contributed by atoms with Gasteiger partial charge in [0.25, 0.3) is 0 Å². The van der Waals surface area contributed by atoms with E-state index in [1.165, 1.54) is 5.56 Å². The van der Waals surface area contributed by atoms with Crippen molar-refractivity contribution < 1.29 is 9.59 Å². The highest BCUT2D eigenvalue weighted by Crippen LogP contribution is 2.38. The molecular formula is C22H28N4O2. The number of benzene rings is 1. The Hall–Kier alpha value is -2.73. The number of anilines is 2. The van der Waals surface area contributed by atoms with E-state index in [0.29, 0.717) is 13.1 Å². The standard InChI is InChI=1S/C22H28N4O2/c1-5-26-18-9-8-17(15-24-12-10-16-7-6-11-23-14-16)13-19(18)25(4)20(27)22(2,3)21(26)28/h6-9,11,13-14,24H,5,10,12,15H2,1-4H3. The van der Waals surface area contributed by atoms with Crippen molar-refractivity contribution in [2.75, 3.05) is 29.9 Å². The lowest BCUT2D eigenvalue weighted by Crippen LogP contribution is -2.47. The van der Waals surface area contributed by atoms with E-state index < -0.39 is 5.41 Å². The number of pyridine rings is 1. The lowest BCUT2D eigenvalue weighted by atomic mass is 9.90. The highest BCUT2D eigenvalue weighted by atomic mass is 16.2. The molecule has 6 heteroatoms. The Kier molecular flexibility index (Phi) is 5.79. The number of aromatic nitrogens is 1. The largest absolute Gasteiger partial charge is 0.313 e. The molecule has 0 saturated carbocycles. The number of fused-ring (bicyclic) bond motifs is 1. The zero-order valence-electron chi connectivity index (χ0n) is 17.0. The number of carbonyl (C=O) groups excluding carboxylic acids is 2. The number of amides is 2. The van der Waals surface area contributed by atoms with Gasteiger partial charge in [-0.05, 0) is 63.1 Å². The van der Waals surface area contributed by atoms with Gasteiger partial charge in [0, 0.05) is 32.5 Å². The van der Waals surface area contributed by atoms with Crippen molar-refractivity contribution in [2.45, 2.75) is 33.7 Å². The molecule has 3 rings (SSSR count). The van der Waals surface area contributed by atoms with Crippen molar-refractivity contribution in [3.05, 3.63) is 53.9 Å². The number of hydrogen-bond acceptors (Lipinski definition) is 4. The summed E-state index contributed by atoms with van der Waals surface area (Å²) in [5, 5.41) is 3.44. The van der Waals surface area contributed by atoms with Crippen molar-refractivity contribution in [3.8, 4) is 0 Å². The van der Waals surface area contributed by atoms with Gasteiger partial charge in [-0.25, -0.2) is 0 Å². The third-order valence-electron chi connectivity index (χ3n) is 5.27. The molecule has 0 radical (unpaired) electrons. The van der Waals surface area contributed by atoms with Gasteiger partial charge in [-0.3, -0.25) is 14.6 Å². The Balaban J connectivity index is 1.77. The molecule has 1 aliphatic heterocycles. The fourth-order valence-electron chi connectivity index (χ4n) is 3.57. The van der Waals surface area contributed by atoms with Crippen LogP contribution in [-0.4, -0.2) is 36.9 Å². The first-order chi connectivity index (χ1) is 13.4. The fourth-order valence-corrected chi connectivity index (χ4v) is 3.57. The molecule has 0 atom stereocenters. The van der Waals surface area contributed by atoms with E-state index in [9.17, 15) is 9.59 Å². The van der Waals surface area contributed by atoms with Crippen LogP contribution in [0.2, 0.25) is 0 Å². The second kappa shape index (κ2) is 8.10. The predicted octanol–water partition coefficient (Wildman–Crippen LogP) is 2.77. The summed E-state index contributed by atoms with van der Waals surface area (Å²) in [5.74, 6) is -0.343. The topological polar surface area (TPSA) is 65.5 Å². The molecule has 1 N–H and O–H groups in total. The molecule has 148 valence electrons. The van der Waals surface area contributed by atoms with Gasteiger partial charge in [-0.1, -0.05) is 12.1 Å². The molecule has 2 amide bonds. The van der Waals surface area contributed by atoms with Crippen LogP contribution in [0.4, 0.5) is 11.4 Å². The number of nitrogens with one attached hydrogen (secondary N) is 1. The minimum Gasteiger partial charge on any atom is -0.313 e. The average Bonchev–Trinajstić information content (AvgIpc) is 2.76. The number of nitrogens with zero attached hydrogens (tertiary/aromatic N) is 3. The summed E-state index contributed by atoms with van der Waals surface area (Å²) in [6.07, 6.45) is 4.56. The number of carbonyl (C=O) groups is 2. The summed E-state index contributed by atoms with van der Waals surface area (Å²) in [7, 11) is 1.75. The van der Waals surface area contributed by atoms with Gasteiger partial charge in [0.05, 0.1) is 11.4 Å². The molecular weight excluding hydrogens is 352 g/mol. The smallest absolute Gasteiger partial charge is 0.242 e. The molecule has 0 aliphatic carbocycles. The van der Waals surface area contributed by atoms with Gasteiger partial charge in [-0.15, -0.1) is 0 Å². The van der Waals surface area contributed by atoms with E-state index in [4.69, 9.17) is 0 Å². The molecule has 0 unspecified atom stereocenters. The molecule has 2 aromatic rings. The highest BCUT2D eigenvalue weighted by molar-refractivity contribution is 6.19. The summed E-state index contributed by atoms with van der Waals surface area (Å²) in [6.45, 7) is 7.39. The second-order valence-corrected chi connectivity index (χ2v) is 7.65. The van der Waals surface area contributed by atoms with Crippen LogP contribution < -0.4 is 15.1 Å². The van der Waals surface area contributed by atoms with Crippen LogP contribution >= 0.6 is 0 Å². The van der Waals surface area contributed by atoms with E-state index in [2.05, 4.69) is 16.4 Å². The van der Waals surface area contributed by atoms with E-state index in [1.54, 1.807) is 36.9 Å². The van der Waals surface area contributed by atoms with Crippen LogP contribution in [0.25, 0.3) is 0 Å². The Morgan fingerprint density at radius 1 is 1.07 bits per heavy atom. The molecule has 1 aromatic carbocycles. The van der Waals surface area contributed by atoms with Crippen LogP contribution in [0, 0.1) is 5.41 Å². The van der Waals surface area contributed by atoms with E-state index >= 15 is 0 Å². The summed E-state index contributed by atoms with van der Waals surface area (Å²) in [4.78, 5) is 33.2. The van der Waals surface area contributed by atoms with E-state index in [-0.39, 0.29) is 11.8 Å². The third-order valence-corrected chi connectivity index (χ3v) is 5.27. The normalized spacial score (nSPS) is 16.1. The van der Waals surface area contributed by atoms with Gasteiger partial charge < -0.3 is 15.1 Å². The minimum absolute atomic E-state index is 0.159. The maximum atomic E-state index is 12.9. The van der Waals surface area contributed by atoms with Crippen molar-refractivity contribution in [3.63, 3.8) is 0 Å². The number of rotatable bonds is 6. The van der Waals surface area contributed by atoms with Gasteiger partial charge >= 0.3 is 0 Å². The van der Waals surface area contributed by atoms with Crippen LogP contribution in [0.15, 0.2) is 42.7 Å². The quantitative estimate of drug-likeness (QED) is 0.618. The van der Waals surface area contributed by atoms with Crippen molar-refractivity contribution in [2.24, 2.45) is 5.41 Å². The lowest BCUT2D eigenvalue weighted by molar-refractivity contribution is -0.137. The Labute approximate surface area is 166 Å². The Bertz CT molecular complexity index is 864. The van der Waals surface area contributed by atoms with E-state index in [1.807, 2.05) is 37.4 Å². The molecule has 1 aliphatic rings. The molecule has 1 aromatic heterocycles. The zero-order chi connectivity index (χ0) is 20.3. The molecule has 28 heavy (non-hydrogen) atoms. The molecule has 0 bridgehead atoms. The first-order valence-electron chi connectivity index (χ1n) is 9.69. The van der Waals surface area contributed by atoms with Crippen LogP contribution in [-0.2, 0) is 22.6 Å². The van der Waals surface area contributed by atoms with Crippen molar-refractivity contribution in [1.82, 2.24) is 10.3 Å².